The molecule has 158 valence electrons. The molecule has 0 N–H and O–H groups in total. The number of imidazole rings is 1. The third-order valence-electron chi connectivity index (χ3n) is 5.14. The van der Waals surface area contributed by atoms with Crippen molar-refractivity contribution in [2.24, 2.45) is 13.0 Å². The molecule has 1 fully saturated rings. The summed E-state index contributed by atoms with van der Waals surface area (Å²) in [6.07, 6.45) is 4.58. The highest BCUT2D eigenvalue weighted by atomic mass is 32.2. The quantitative estimate of drug-likeness (QED) is 0.607. The first-order valence-corrected chi connectivity index (χ1v) is 11.3. The Balaban J connectivity index is 1.43. The van der Waals surface area contributed by atoms with Crippen molar-refractivity contribution in [1.82, 2.24) is 13.9 Å². The Bertz CT molecular complexity index is 916. The van der Waals surface area contributed by atoms with Crippen LogP contribution in [0, 0.1) is 5.92 Å². The first-order chi connectivity index (χ1) is 13.9. The molecular formula is C20H27N3O5S. The van der Waals surface area contributed by atoms with E-state index >= 15 is 0 Å². The second-order valence-electron chi connectivity index (χ2n) is 7.07. The van der Waals surface area contributed by atoms with Crippen molar-refractivity contribution in [3.8, 4) is 5.75 Å². The van der Waals surface area contributed by atoms with Crippen LogP contribution in [0.15, 0.2) is 36.7 Å². The monoisotopic (exact) mass is 421 g/mol. The summed E-state index contributed by atoms with van der Waals surface area (Å²) in [6, 6.07) is 7.38. The fourth-order valence-corrected chi connectivity index (χ4v) is 4.32. The molecule has 0 radical (unpaired) electrons. The zero-order chi connectivity index (χ0) is 20.9. The number of sulfonamides is 1. The average Bonchev–Trinajstić information content (AvgIpc) is 3.16. The zero-order valence-electron chi connectivity index (χ0n) is 16.8. The summed E-state index contributed by atoms with van der Waals surface area (Å²) < 4.78 is 38.3. The topological polar surface area (TPSA) is 90.7 Å². The summed E-state index contributed by atoms with van der Waals surface area (Å²) in [4.78, 5) is 16.5. The number of rotatable bonds is 8. The van der Waals surface area contributed by atoms with E-state index in [1.807, 2.05) is 42.1 Å². The van der Waals surface area contributed by atoms with Gasteiger partial charge in [0.25, 0.3) is 0 Å². The van der Waals surface area contributed by atoms with E-state index in [2.05, 4.69) is 4.98 Å². The molecule has 0 atom stereocenters. The van der Waals surface area contributed by atoms with Gasteiger partial charge >= 0.3 is 5.97 Å². The number of hydrogen-bond donors (Lipinski definition) is 0. The summed E-state index contributed by atoms with van der Waals surface area (Å²) in [6.45, 7) is 2.94. The molecule has 1 aliphatic heterocycles. The number of nitrogens with zero attached hydrogens (tertiary/aromatic N) is 3. The molecule has 0 saturated carbocycles. The van der Waals surface area contributed by atoms with Gasteiger partial charge in [0.2, 0.25) is 10.0 Å². The van der Waals surface area contributed by atoms with Gasteiger partial charge in [0.1, 0.15) is 24.8 Å². The lowest BCUT2D eigenvalue weighted by molar-refractivity contribution is -0.151. The number of ether oxygens (including phenoxy) is 2. The SMILES string of the molecule is CCS(=O)(=O)N1CCC(C(=O)OCc2ccc(OCc3nccn3C)cc2)CC1. The van der Waals surface area contributed by atoms with Gasteiger partial charge in [-0.2, -0.15) is 0 Å². The third-order valence-corrected chi connectivity index (χ3v) is 7.02. The minimum Gasteiger partial charge on any atom is -0.486 e. The van der Waals surface area contributed by atoms with Crippen molar-refractivity contribution in [1.29, 1.82) is 0 Å². The number of benzene rings is 1. The molecule has 1 aromatic heterocycles. The van der Waals surface area contributed by atoms with Gasteiger partial charge in [-0.15, -0.1) is 0 Å². The fraction of sp³-hybridized carbons (Fsp3) is 0.500. The average molecular weight is 422 g/mol. The van der Waals surface area contributed by atoms with E-state index in [-0.39, 0.29) is 24.2 Å². The van der Waals surface area contributed by atoms with Gasteiger partial charge in [-0.3, -0.25) is 4.79 Å². The Hall–Kier alpha value is -2.39. The Morgan fingerprint density at radius 2 is 1.86 bits per heavy atom. The number of piperidine rings is 1. The maximum absolute atomic E-state index is 12.3. The molecule has 0 spiro atoms. The molecule has 1 saturated heterocycles. The summed E-state index contributed by atoms with van der Waals surface area (Å²) in [5.74, 6) is 1.12. The number of aromatic nitrogens is 2. The maximum atomic E-state index is 12.3. The molecular weight excluding hydrogens is 394 g/mol. The van der Waals surface area contributed by atoms with Crippen molar-refractivity contribution in [3.63, 3.8) is 0 Å². The van der Waals surface area contributed by atoms with Crippen LogP contribution in [0.2, 0.25) is 0 Å². The van der Waals surface area contributed by atoms with Crippen LogP contribution in [0.3, 0.4) is 0 Å². The molecule has 0 unspecified atom stereocenters. The van der Waals surface area contributed by atoms with Gasteiger partial charge in [-0.1, -0.05) is 12.1 Å². The van der Waals surface area contributed by atoms with Gasteiger partial charge in [0, 0.05) is 32.5 Å². The third kappa shape index (κ3) is 5.57. The van der Waals surface area contributed by atoms with Crippen LogP contribution in [0.4, 0.5) is 0 Å². The number of carbonyl (C=O) groups excluding carboxylic acids is 1. The van der Waals surface area contributed by atoms with Gasteiger partial charge in [0.05, 0.1) is 11.7 Å². The number of hydrogen-bond acceptors (Lipinski definition) is 6. The Morgan fingerprint density at radius 1 is 1.17 bits per heavy atom. The van der Waals surface area contributed by atoms with Crippen molar-refractivity contribution < 1.29 is 22.7 Å². The molecule has 1 aromatic carbocycles. The second-order valence-corrected chi connectivity index (χ2v) is 9.33. The molecule has 0 bridgehead atoms. The van der Waals surface area contributed by atoms with Crippen molar-refractivity contribution in [2.75, 3.05) is 18.8 Å². The van der Waals surface area contributed by atoms with Gasteiger partial charge < -0.3 is 14.0 Å². The van der Waals surface area contributed by atoms with Gasteiger partial charge in [-0.25, -0.2) is 17.7 Å². The Labute approximate surface area is 171 Å². The summed E-state index contributed by atoms with van der Waals surface area (Å²) in [7, 11) is -1.27. The van der Waals surface area contributed by atoms with Crippen molar-refractivity contribution in [3.05, 3.63) is 48.0 Å². The standard InChI is InChI=1S/C20H27N3O5S/c1-3-29(25,26)23-11-8-17(9-12-23)20(24)28-14-16-4-6-18(7-5-16)27-15-19-21-10-13-22(19)2/h4-7,10,13,17H,3,8-9,11-12,14-15H2,1-2H3. The number of aryl methyl sites for hydroxylation is 1. The summed E-state index contributed by atoms with van der Waals surface area (Å²) >= 11 is 0. The lowest BCUT2D eigenvalue weighted by Crippen LogP contribution is -2.41. The van der Waals surface area contributed by atoms with Gasteiger partial charge in [-0.05, 0) is 37.5 Å². The number of carbonyl (C=O) groups is 1. The first-order valence-electron chi connectivity index (χ1n) is 9.71. The van der Waals surface area contributed by atoms with Crippen LogP contribution < -0.4 is 4.74 Å². The molecule has 29 heavy (non-hydrogen) atoms. The minimum absolute atomic E-state index is 0.0868. The van der Waals surface area contributed by atoms with Gasteiger partial charge in [0.15, 0.2) is 0 Å². The number of esters is 1. The fourth-order valence-electron chi connectivity index (χ4n) is 3.19. The Kier molecular flexibility index (Phi) is 6.92. The van der Waals surface area contributed by atoms with E-state index < -0.39 is 10.0 Å². The van der Waals surface area contributed by atoms with Crippen LogP contribution in [-0.4, -0.2) is 47.1 Å². The summed E-state index contributed by atoms with van der Waals surface area (Å²) in [5.41, 5.74) is 0.869. The van der Waals surface area contributed by atoms with Crippen LogP contribution in [0.5, 0.6) is 5.75 Å². The molecule has 3 rings (SSSR count). The molecule has 2 heterocycles. The molecule has 8 nitrogen and oxygen atoms in total. The zero-order valence-corrected chi connectivity index (χ0v) is 17.6. The lowest BCUT2D eigenvalue weighted by atomic mass is 9.98. The normalized spacial score (nSPS) is 15.9. The van der Waals surface area contributed by atoms with E-state index in [1.54, 1.807) is 13.1 Å². The van der Waals surface area contributed by atoms with Crippen LogP contribution in [0.25, 0.3) is 0 Å². The molecule has 2 aromatic rings. The molecule has 9 heteroatoms. The van der Waals surface area contributed by atoms with E-state index in [1.165, 1.54) is 4.31 Å². The van der Waals surface area contributed by atoms with E-state index in [4.69, 9.17) is 9.47 Å². The van der Waals surface area contributed by atoms with E-state index in [0.717, 1.165) is 11.4 Å². The summed E-state index contributed by atoms with van der Waals surface area (Å²) in [5, 5.41) is 0. The molecule has 0 aliphatic carbocycles. The van der Waals surface area contributed by atoms with Crippen LogP contribution in [-0.2, 0) is 39.8 Å². The highest BCUT2D eigenvalue weighted by molar-refractivity contribution is 7.89. The van der Waals surface area contributed by atoms with E-state index in [0.29, 0.717) is 38.3 Å². The lowest BCUT2D eigenvalue weighted by Gasteiger charge is -2.29. The highest BCUT2D eigenvalue weighted by Crippen LogP contribution is 2.22. The predicted molar refractivity (Wildman–Crippen MR) is 108 cm³/mol. The highest BCUT2D eigenvalue weighted by Gasteiger charge is 2.30. The van der Waals surface area contributed by atoms with E-state index in [9.17, 15) is 13.2 Å². The second kappa shape index (κ2) is 9.41. The largest absolute Gasteiger partial charge is 0.486 e. The maximum Gasteiger partial charge on any atom is 0.309 e. The minimum atomic E-state index is -3.19. The molecule has 1 aliphatic rings. The first kappa shape index (κ1) is 21.3. The predicted octanol–water partition coefficient (Wildman–Crippen LogP) is 2.10. The van der Waals surface area contributed by atoms with Crippen LogP contribution in [0.1, 0.15) is 31.2 Å². The Morgan fingerprint density at radius 3 is 2.45 bits per heavy atom. The van der Waals surface area contributed by atoms with Crippen LogP contribution >= 0.6 is 0 Å². The van der Waals surface area contributed by atoms with Crippen molar-refractivity contribution >= 4 is 16.0 Å². The van der Waals surface area contributed by atoms with Crippen molar-refractivity contribution in [2.45, 2.75) is 33.0 Å². The molecule has 0 amide bonds. The smallest absolute Gasteiger partial charge is 0.309 e.